The van der Waals surface area contributed by atoms with Crippen LogP contribution in [0.1, 0.15) is 11.4 Å². The molecule has 0 aliphatic heterocycles. The Bertz CT molecular complexity index is 609. The highest BCUT2D eigenvalue weighted by Crippen LogP contribution is 2.09. The van der Waals surface area contributed by atoms with Gasteiger partial charge >= 0.3 is 0 Å². The maximum Gasteiger partial charge on any atom is 0.216 e. The second kappa shape index (κ2) is 4.54. The number of halogens is 2. The predicted molar refractivity (Wildman–Crippen MR) is 61.5 cm³/mol. The van der Waals surface area contributed by atoms with Crippen LogP contribution < -0.4 is 0 Å². The lowest BCUT2D eigenvalue weighted by atomic mass is 10.2. The van der Waals surface area contributed by atoms with Gasteiger partial charge in [-0.3, -0.25) is 5.10 Å². The molecule has 0 fully saturated rings. The van der Waals surface area contributed by atoms with Crippen molar-refractivity contribution in [2.45, 2.75) is 6.92 Å². The first-order valence-electron chi connectivity index (χ1n) is 4.72. The van der Waals surface area contributed by atoms with Crippen molar-refractivity contribution in [3.05, 3.63) is 46.0 Å². The molecule has 17 heavy (non-hydrogen) atoms. The SMILES string of the molecule is Cc1n[nH]c(=S)n1/N=C\c1c(F)cccc1F. The normalized spacial score (nSPS) is 11.2. The Morgan fingerprint density at radius 3 is 2.59 bits per heavy atom. The van der Waals surface area contributed by atoms with Gasteiger partial charge in [-0.25, -0.2) is 8.78 Å². The van der Waals surface area contributed by atoms with Gasteiger partial charge in [0.2, 0.25) is 4.77 Å². The Kier molecular flexibility index (Phi) is 3.10. The van der Waals surface area contributed by atoms with Crippen LogP contribution in [-0.4, -0.2) is 21.1 Å². The van der Waals surface area contributed by atoms with Gasteiger partial charge in [0.1, 0.15) is 17.5 Å². The van der Waals surface area contributed by atoms with Crippen LogP contribution in [-0.2, 0) is 0 Å². The van der Waals surface area contributed by atoms with Gasteiger partial charge < -0.3 is 0 Å². The van der Waals surface area contributed by atoms with Gasteiger partial charge in [-0.15, -0.1) is 0 Å². The Morgan fingerprint density at radius 1 is 1.41 bits per heavy atom. The minimum atomic E-state index is -0.679. The van der Waals surface area contributed by atoms with E-state index in [2.05, 4.69) is 15.3 Å². The molecule has 0 atom stereocenters. The molecule has 0 saturated heterocycles. The first kappa shape index (κ1) is 11.6. The molecule has 0 bridgehead atoms. The van der Waals surface area contributed by atoms with Crippen molar-refractivity contribution in [3.63, 3.8) is 0 Å². The van der Waals surface area contributed by atoms with Gasteiger partial charge in [-0.2, -0.15) is 14.9 Å². The first-order valence-corrected chi connectivity index (χ1v) is 5.13. The fraction of sp³-hybridized carbons (Fsp3) is 0.100. The average molecular weight is 254 g/mol. The summed E-state index contributed by atoms with van der Waals surface area (Å²) >= 11 is 4.90. The number of aromatic nitrogens is 3. The summed E-state index contributed by atoms with van der Waals surface area (Å²) < 4.78 is 28.1. The van der Waals surface area contributed by atoms with Gasteiger partial charge in [0.25, 0.3) is 0 Å². The van der Waals surface area contributed by atoms with E-state index in [9.17, 15) is 8.78 Å². The zero-order chi connectivity index (χ0) is 12.4. The Balaban J connectivity index is 2.43. The van der Waals surface area contributed by atoms with Crippen molar-refractivity contribution in [1.29, 1.82) is 0 Å². The maximum atomic E-state index is 13.3. The topological polar surface area (TPSA) is 46.0 Å². The van der Waals surface area contributed by atoms with Crippen LogP contribution in [0.3, 0.4) is 0 Å². The van der Waals surface area contributed by atoms with E-state index in [-0.39, 0.29) is 10.3 Å². The summed E-state index contributed by atoms with van der Waals surface area (Å²) in [4.78, 5) is 0. The van der Waals surface area contributed by atoms with E-state index in [1.807, 2.05) is 0 Å². The molecular formula is C10H8F2N4S. The smallest absolute Gasteiger partial charge is 0.216 e. The molecule has 0 spiro atoms. The lowest BCUT2D eigenvalue weighted by Gasteiger charge is -1.98. The standard InChI is InChI=1S/C10H8F2N4S/c1-6-14-15-10(17)16(6)13-5-7-8(11)3-2-4-9(7)12/h2-5H,1H3,(H,15,17)/b13-5-. The van der Waals surface area contributed by atoms with Crippen molar-refractivity contribution in [3.8, 4) is 0 Å². The third-order valence-electron chi connectivity index (χ3n) is 2.11. The molecule has 0 saturated carbocycles. The highest BCUT2D eigenvalue weighted by Gasteiger charge is 2.05. The quantitative estimate of drug-likeness (QED) is 0.660. The van der Waals surface area contributed by atoms with E-state index < -0.39 is 11.6 Å². The molecule has 88 valence electrons. The number of rotatable bonds is 2. The summed E-state index contributed by atoms with van der Waals surface area (Å²) in [6.45, 7) is 1.67. The van der Waals surface area contributed by atoms with Crippen LogP contribution >= 0.6 is 12.2 Å². The number of nitrogens with zero attached hydrogens (tertiary/aromatic N) is 3. The third kappa shape index (κ3) is 2.28. The summed E-state index contributed by atoms with van der Waals surface area (Å²) in [5, 5.41) is 10.2. The molecule has 4 nitrogen and oxygen atoms in total. The monoisotopic (exact) mass is 254 g/mol. The van der Waals surface area contributed by atoms with Crippen LogP contribution in [0.5, 0.6) is 0 Å². The van der Waals surface area contributed by atoms with E-state index in [0.29, 0.717) is 5.82 Å². The Morgan fingerprint density at radius 2 is 2.06 bits per heavy atom. The predicted octanol–water partition coefficient (Wildman–Crippen LogP) is 2.41. The summed E-state index contributed by atoms with van der Waals surface area (Å²) in [6, 6.07) is 3.61. The highest BCUT2D eigenvalue weighted by molar-refractivity contribution is 7.71. The van der Waals surface area contributed by atoms with E-state index >= 15 is 0 Å². The Labute approximate surface area is 101 Å². The number of hydrogen-bond acceptors (Lipinski definition) is 3. The van der Waals surface area contributed by atoms with Crippen LogP contribution in [0, 0.1) is 23.3 Å². The average Bonchev–Trinajstić information content (AvgIpc) is 2.59. The molecule has 1 aromatic carbocycles. The molecule has 7 heteroatoms. The minimum absolute atomic E-state index is 0.213. The summed E-state index contributed by atoms with van der Waals surface area (Å²) in [6.07, 6.45) is 1.07. The molecule has 2 rings (SSSR count). The molecule has 2 aromatic rings. The molecule has 1 N–H and O–H groups in total. The van der Waals surface area contributed by atoms with E-state index in [4.69, 9.17) is 12.2 Å². The number of aromatic amines is 1. The highest BCUT2D eigenvalue weighted by atomic mass is 32.1. The maximum absolute atomic E-state index is 13.3. The largest absolute Gasteiger partial charge is 0.250 e. The van der Waals surface area contributed by atoms with Crippen LogP contribution in [0.4, 0.5) is 8.78 Å². The van der Waals surface area contributed by atoms with Gasteiger partial charge in [-0.05, 0) is 31.3 Å². The van der Waals surface area contributed by atoms with Crippen LogP contribution in [0.2, 0.25) is 0 Å². The molecule has 0 unspecified atom stereocenters. The molecule has 0 radical (unpaired) electrons. The van der Waals surface area contributed by atoms with Gasteiger partial charge in [-0.1, -0.05) is 6.07 Å². The second-order valence-electron chi connectivity index (χ2n) is 3.27. The number of H-pyrrole nitrogens is 1. The number of benzene rings is 1. The van der Waals surface area contributed by atoms with Gasteiger partial charge in [0, 0.05) is 0 Å². The summed E-state index contributed by atoms with van der Waals surface area (Å²) in [5.74, 6) is -0.856. The molecule has 1 heterocycles. The second-order valence-corrected chi connectivity index (χ2v) is 3.65. The number of aryl methyl sites for hydroxylation is 1. The number of hydrogen-bond donors (Lipinski definition) is 1. The fourth-order valence-electron chi connectivity index (χ4n) is 1.26. The van der Waals surface area contributed by atoms with Crippen molar-refractivity contribution < 1.29 is 8.78 Å². The van der Waals surface area contributed by atoms with Crippen LogP contribution in [0.25, 0.3) is 0 Å². The molecule has 1 aromatic heterocycles. The van der Waals surface area contributed by atoms with Crippen molar-refractivity contribution in [1.82, 2.24) is 14.9 Å². The molecule has 0 amide bonds. The lowest BCUT2D eigenvalue weighted by molar-refractivity contribution is 0.579. The third-order valence-corrected chi connectivity index (χ3v) is 2.38. The van der Waals surface area contributed by atoms with E-state index in [1.54, 1.807) is 6.92 Å². The van der Waals surface area contributed by atoms with E-state index in [1.165, 1.54) is 10.7 Å². The molecule has 0 aliphatic rings. The summed E-state index contributed by atoms with van der Waals surface area (Å²) in [7, 11) is 0. The molecule has 0 aliphatic carbocycles. The lowest BCUT2D eigenvalue weighted by Crippen LogP contribution is -1.98. The van der Waals surface area contributed by atoms with Crippen molar-refractivity contribution in [2.75, 3.05) is 0 Å². The van der Waals surface area contributed by atoms with Crippen LogP contribution in [0.15, 0.2) is 23.3 Å². The van der Waals surface area contributed by atoms with E-state index in [0.717, 1.165) is 18.3 Å². The zero-order valence-electron chi connectivity index (χ0n) is 8.82. The summed E-state index contributed by atoms with van der Waals surface area (Å²) in [5.41, 5.74) is -0.213. The van der Waals surface area contributed by atoms with Gasteiger partial charge in [0.15, 0.2) is 0 Å². The minimum Gasteiger partial charge on any atom is -0.250 e. The number of nitrogens with one attached hydrogen (secondary N) is 1. The fourth-order valence-corrected chi connectivity index (χ4v) is 1.48. The first-order chi connectivity index (χ1) is 8.09. The Hall–Kier alpha value is -1.89. The molecular weight excluding hydrogens is 246 g/mol. The van der Waals surface area contributed by atoms with Crippen molar-refractivity contribution in [2.24, 2.45) is 5.10 Å². The van der Waals surface area contributed by atoms with Gasteiger partial charge in [0.05, 0.1) is 11.8 Å². The van der Waals surface area contributed by atoms with Crippen molar-refractivity contribution >= 4 is 18.4 Å². The zero-order valence-corrected chi connectivity index (χ0v) is 9.63.